The maximum atomic E-state index is 6.28. The Morgan fingerprint density at radius 3 is 2.94 bits per heavy atom. The highest BCUT2D eigenvalue weighted by Gasteiger charge is 2.28. The van der Waals surface area contributed by atoms with Crippen molar-refractivity contribution < 1.29 is 4.74 Å². The van der Waals surface area contributed by atoms with E-state index in [1.807, 2.05) is 0 Å². The van der Waals surface area contributed by atoms with Crippen LogP contribution in [0.25, 0.3) is 0 Å². The van der Waals surface area contributed by atoms with Crippen LogP contribution >= 0.6 is 11.6 Å². The van der Waals surface area contributed by atoms with Crippen LogP contribution in [0.3, 0.4) is 0 Å². The van der Waals surface area contributed by atoms with Crippen molar-refractivity contribution in [3.63, 3.8) is 0 Å². The van der Waals surface area contributed by atoms with Crippen LogP contribution in [-0.2, 0) is 4.74 Å². The van der Waals surface area contributed by atoms with Gasteiger partial charge < -0.3 is 4.74 Å². The molecule has 1 nitrogen and oxygen atoms in total. The zero-order valence-corrected chi connectivity index (χ0v) is 11.2. The van der Waals surface area contributed by atoms with Gasteiger partial charge in [-0.3, -0.25) is 0 Å². The first-order valence-corrected chi connectivity index (χ1v) is 6.94. The van der Waals surface area contributed by atoms with Crippen molar-refractivity contribution in [2.75, 3.05) is 6.61 Å². The highest BCUT2D eigenvalue weighted by Crippen LogP contribution is 2.39. The van der Waals surface area contributed by atoms with Crippen LogP contribution in [0.2, 0.25) is 0 Å². The minimum Gasteiger partial charge on any atom is -0.378 e. The Bertz CT molecular complexity index is 264. The van der Waals surface area contributed by atoms with E-state index in [2.05, 4.69) is 19.9 Å². The van der Waals surface area contributed by atoms with Gasteiger partial charge in [-0.15, -0.1) is 11.6 Å². The smallest absolute Gasteiger partial charge is 0.0579 e. The van der Waals surface area contributed by atoms with Crippen LogP contribution in [0.5, 0.6) is 0 Å². The van der Waals surface area contributed by atoms with E-state index in [9.17, 15) is 0 Å². The minimum absolute atomic E-state index is 0.239. The Balaban J connectivity index is 1.84. The number of rotatable bonds is 3. The summed E-state index contributed by atoms with van der Waals surface area (Å²) in [6.45, 7) is 5.61. The number of ether oxygens (including phenoxy) is 1. The molecular formula is C14H23ClO. The quantitative estimate of drug-likeness (QED) is 0.530. The van der Waals surface area contributed by atoms with Crippen LogP contribution in [0, 0.1) is 5.41 Å². The van der Waals surface area contributed by atoms with Gasteiger partial charge in [-0.25, -0.2) is 0 Å². The maximum absolute atomic E-state index is 6.28. The van der Waals surface area contributed by atoms with Gasteiger partial charge in [0.05, 0.1) is 11.5 Å². The first-order chi connectivity index (χ1) is 7.55. The molecule has 1 aliphatic carbocycles. The zero-order valence-electron chi connectivity index (χ0n) is 10.5. The number of hydrogen-bond acceptors (Lipinski definition) is 1. The van der Waals surface area contributed by atoms with Gasteiger partial charge in [0, 0.05) is 6.61 Å². The van der Waals surface area contributed by atoms with Gasteiger partial charge in [-0.1, -0.05) is 25.5 Å². The largest absolute Gasteiger partial charge is 0.378 e. The third-order valence-corrected chi connectivity index (χ3v) is 3.96. The zero-order chi connectivity index (χ0) is 11.6. The normalized spacial score (nSPS) is 33.8. The Labute approximate surface area is 104 Å². The average molecular weight is 243 g/mol. The molecule has 0 aromatic heterocycles. The molecule has 0 saturated carbocycles. The van der Waals surface area contributed by atoms with E-state index >= 15 is 0 Å². The lowest BCUT2D eigenvalue weighted by Gasteiger charge is -2.32. The summed E-state index contributed by atoms with van der Waals surface area (Å²) in [6.07, 6.45) is 9.97. The van der Waals surface area contributed by atoms with Crippen LogP contribution in [0.4, 0.5) is 0 Å². The van der Waals surface area contributed by atoms with Gasteiger partial charge in [-0.05, 0) is 43.9 Å². The molecule has 2 unspecified atom stereocenters. The van der Waals surface area contributed by atoms with E-state index in [4.69, 9.17) is 16.3 Å². The summed E-state index contributed by atoms with van der Waals surface area (Å²) in [4.78, 5) is 0. The molecule has 1 fully saturated rings. The summed E-state index contributed by atoms with van der Waals surface area (Å²) in [7, 11) is 0. The third-order valence-electron chi connectivity index (χ3n) is 3.68. The summed E-state index contributed by atoms with van der Waals surface area (Å²) in [5, 5.41) is 0.239. The van der Waals surface area contributed by atoms with Crippen LogP contribution in [0.15, 0.2) is 11.6 Å². The second-order valence-electron chi connectivity index (χ2n) is 6.06. The number of allylic oxidation sites excluding steroid dienone is 2. The van der Waals surface area contributed by atoms with Gasteiger partial charge in [0.25, 0.3) is 0 Å². The molecule has 1 saturated heterocycles. The highest BCUT2D eigenvalue weighted by atomic mass is 35.5. The fourth-order valence-electron chi connectivity index (χ4n) is 2.98. The lowest BCUT2D eigenvalue weighted by atomic mass is 9.76. The first-order valence-electron chi connectivity index (χ1n) is 6.50. The molecule has 0 N–H and O–H groups in total. The topological polar surface area (TPSA) is 9.23 Å². The molecule has 2 aliphatic rings. The van der Waals surface area contributed by atoms with Crippen molar-refractivity contribution in [2.24, 2.45) is 5.41 Å². The van der Waals surface area contributed by atoms with E-state index in [-0.39, 0.29) is 5.38 Å². The van der Waals surface area contributed by atoms with Crippen molar-refractivity contribution in [2.45, 2.75) is 63.9 Å². The Hall–Kier alpha value is -0.0100. The summed E-state index contributed by atoms with van der Waals surface area (Å²) in [5.41, 5.74) is 1.93. The van der Waals surface area contributed by atoms with Gasteiger partial charge in [0.15, 0.2) is 0 Å². The molecule has 0 bridgehead atoms. The molecule has 0 radical (unpaired) electrons. The van der Waals surface area contributed by atoms with Crippen molar-refractivity contribution in [3.05, 3.63) is 11.6 Å². The van der Waals surface area contributed by atoms with Crippen molar-refractivity contribution in [1.29, 1.82) is 0 Å². The van der Waals surface area contributed by atoms with Gasteiger partial charge in [0.1, 0.15) is 0 Å². The molecular weight excluding hydrogens is 220 g/mol. The SMILES string of the molecule is CC1(C)CC(CCC2CCCO2)=CC(Cl)C1. The van der Waals surface area contributed by atoms with Gasteiger partial charge in [-0.2, -0.15) is 0 Å². The molecule has 0 aromatic rings. The second-order valence-corrected chi connectivity index (χ2v) is 6.62. The first kappa shape index (κ1) is 12.4. The minimum atomic E-state index is 0.239. The summed E-state index contributed by atoms with van der Waals surface area (Å²) < 4.78 is 5.66. The molecule has 16 heavy (non-hydrogen) atoms. The molecule has 1 heterocycles. The molecule has 0 aromatic carbocycles. The average Bonchev–Trinajstić information content (AvgIpc) is 2.63. The fraction of sp³-hybridized carbons (Fsp3) is 0.857. The summed E-state index contributed by atoms with van der Waals surface area (Å²) in [5.74, 6) is 0. The predicted molar refractivity (Wildman–Crippen MR) is 68.9 cm³/mol. The predicted octanol–water partition coefficient (Wildman–Crippen LogP) is 4.30. The number of alkyl halides is 1. The summed E-state index contributed by atoms with van der Waals surface area (Å²) in [6, 6.07) is 0. The molecule has 0 spiro atoms. The van der Waals surface area contributed by atoms with E-state index in [0.717, 1.165) is 13.0 Å². The van der Waals surface area contributed by atoms with Crippen LogP contribution < -0.4 is 0 Å². The van der Waals surface area contributed by atoms with E-state index < -0.39 is 0 Å². The molecule has 2 rings (SSSR count). The number of hydrogen-bond donors (Lipinski definition) is 0. The van der Waals surface area contributed by atoms with Crippen LogP contribution in [0.1, 0.15) is 52.4 Å². The lowest BCUT2D eigenvalue weighted by Crippen LogP contribution is -2.22. The molecule has 2 atom stereocenters. The molecule has 92 valence electrons. The standard InChI is InChI=1S/C14H23ClO/c1-14(2)9-11(8-12(15)10-14)5-6-13-4-3-7-16-13/h8,12-13H,3-7,9-10H2,1-2H3. The highest BCUT2D eigenvalue weighted by molar-refractivity contribution is 6.21. The number of halogens is 1. The fourth-order valence-corrected chi connectivity index (χ4v) is 3.57. The lowest BCUT2D eigenvalue weighted by molar-refractivity contribution is 0.104. The Morgan fingerprint density at radius 2 is 2.31 bits per heavy atom. The van der Waals surface area contributed by atoms with E-state index in [1.165, 1.54) is 32.1 Å². The Kier molecular flexibility index (Phi) is 3.97. The second kappa shape index (κ2) is 5.10. The molecule has 2 heteroatoms. The van der Waals surface area contributed by atoms with E-state index in [0.29, 0.717) is 11.5 Å². The Morgan fingerprint density at radius 1 is 1.50 bits per heavy atom. The monoisotopic (exact) mass is 242 g/mol. The van der Waals surface area contributed by atoms with E-state index in [1.54, 1.807) is 5.57 Å². The maximum Gasteiger partial charge on any atom is 0.0579 e. The third kappa shape index (κ3) is 3.49. The van der Waals surface area contributed by atoms with Crippen molar-refractivity contribution in [3.8, 4) is 0 Å². The molecule has 0 amide bonds. The van der Waals surface area contributed by atoms with Gasteiger partial charge in [0.2, 0.25) is 0 Å². The van der Waals surface area contributed by atoms with Crippen molar-refractivity contribution in [1.82, 2.24) is 0 Å². The molecule has 1 aliphatic heterocycles. The van der Waals surface area contributed by atoms with Crippen LogP contribution in [-0.4, -0.2) is 18.1 Å². The van der Waals surface area contributed by atoms with Gasteiger partial charge >= 0.3 is 0 Å². The van der Waals surface area contributed by atoms with Crippen molar-refractivity contribution >= 4 is 11.6 Å². The summed E-state index contributed by atoms with van der Waals surface area (Å²) >= 11 is 6.28.